The molecule has 3 nitrogen and oxygen atoms in total. The molecule has 0 radical (unpaired) electrons. The van der Waals surface area contributed by atoms with E-state index < -0.39 is 27.3 Å². The molecule has 0 fully saturated rings. The van der Waals surface area contributed by atoms with Crippen LogP contribution in [0.3, 0.4) is 0 Å². The van der Waals surface area contributed by atoms with Gasteiger partial charge >= 0.3 is 112 Å². The predicted molar refractivity (Wildman–Crippen MR) is 68.0 cm³/mol. The van der Waals surface area contributed by atoms with Gasteiger partial charge in [-0.05, 0) is 0 Å². The maximum atomic E-state index is 12.0. The van der Waals surface area contributed by atoms with Crippen molar-refractivity contribution in [3.8, 4) is 0 Å². The van der Waals surface area contributed by atoms with Gasteiger partial charge in [-0.2, -0.15) is 0 Å². The molecule has 4 heteroatoms. The number of benzene rings is 2. The van der Waals surface area contributed by atoms with E-state index in [0.717, 1.165) is 0 Å². The van der Waals surface area contributed by atoms with E-state index in [1.54, 1.807) is 60.7 Å². The fourth-order valence-electron chi connectivity index (χ4n) is 1.54. The monoisotopic (exact) mass is 346 g/mol. The van der Waals surface area contributed by atoms with Crippen LogP contribution in [0.1, 0.15) is 20.7 Å². The summed E-state index contributed by atoms with van der Waals surface area (Å²) in [6.07, 6.45) is 0. The molecule has 0 saturated carbocycles. The summed E-state index contributed by atoms with van der Waals surface area (Å²) in [4.78, 5) is 23.8. The first-order valence-corrected chi connectivity index (χ1v) is 9.45. The Kier molecular flexibility index (Phi) is 4.15. The minimum absolute atomic E-state index is 0.353. The van der Waals surface area contributed by atoms with E-state index in [2.05, 4.69) is 0 Å². The molecule has 0 aliphatic rings. The number of rotatable bonds is 4. The van der Waals surface area contributed by atoms with Gasteiger partial charge in [0.05, 0.1) is 0 Å². The zero-order chi connectivity index (χ0) is 13.0. The van der Waals surface area contributed by atoms with Gasteiger partial charge in [-0.25, -0.2) is 0 Å². The fourth-order valence-corrected chi connectivity index (χ4v) is 4.58. The number of hydrogen-bond donors (Lipinski definition) is 0. The van der Waals surface area contributed by atoms with Crippen LogP contribution >= 0.6 is 0 Å². The van der Waals surface area contributed by atoms with Crippen molar-refractivity contribution in [1.82, 2.24) is 0 Å². The Bertz CT molecular complexity index is 537. The zero-order valence-electron chi connectivity index (χ0n) is 9.50. The molecule has 0 aliphatic heterocycles. The van der Waals surface area contributed by atoms with Crippen LogP contribution in [0.25, 0.3) is 0 Å². The molecule has 0 aliphatic carbocycles. The van der Waals surface area contributed by atoms with E-state index in [9.17, 15) is 12.7 Å². The molecule has 88 valence electrons. The SMILES string of the molecule is O=[C](c1ccccc1)[Sn](=[O])[C](=O)c1ccccc1. The standard InChI is InChI=1S/2C7H5O.O.Sn/c2*8-6-7-4-2-1-3-5-7;;/h2*1-5H;;. The minimum atomic E-state index is -3.99. The van der Waals surface area contributed by atoms with E-state index in [4.69, 9.17) is 0 Å². The van der Waals surface area contributed by atoms with Crippen molar-refractivity contribution in [3.63, 3.8) is 0 Å². The summed E-state index contributed by atoms with van der Waals surface area (Å²) in [5, 5.41) is 0. The van der Waals surface area contributed by atoms with Crippen molar-refractivity contribution in [3.05, 3.63) is 71.8 Å². The van der Waals surface area contributed by atoms with Gasteiger partial charge < -0.3 is 0 Å². The van der Waals surface area contributed by atoms with E-state index in [0.29, 0.717) is 11.1 Å². The van der Waals surface area contributed by atoms with Crippen LogP contribution < -0.4 is 0 Å². The van der Waals surface area contributed by atoms with Crippen LogP contribution in [0.5, 0.6) is 0 Å². The van der Waals surface area contributed by atoms with Crippen molar-refractivity contribution in [1.29, 1.82) is 0 Å². The van der Waals surface area contributed by atoms with Crippen LogP contribution in [0.2, 0.25) is 0 Å². The van der Waals surface area contributed by atoms with Crippen LogP contribution in [0.15, 0.2) is 60.7 Å². The molecule has 2 aromatic rings. The normalized spacial score (nSPS) is 9.78. The Hall–Kier alpha value is -1.62. The summed E-state index contributed by atoms with van der Waals surface area (Å²) in [6.45, 7) is 0. The first-order chi connectivity index (χ1) is 8.70. The van der Waals surface area contributed by atoms with Gasteiger partial charge in [-0.15, -0.1) is 0 Å². The third-order valence-corrected chi connectivity index (χ3v) is 6.49. The van der Waals surface area contributed by atoms with Crippen molar-refractivity contribution < 1.29 is 12.7 Å². The van der Waals surface area contributed by atoms with Gasteiger partial charge in [-0.3, -0.25) is 0 Å². The van der Waals surface area contributed by atoms with Crippen molar-refractivity contribution in [2.45, 2.75) is 0 Å². The second kappa shape index (κ2) is 5.82. The number of carbonyl (C=O) groups excluding carboxylic acids is 2. The Morgan fingerprint density at radius 2 is 1.00 bits per heavy atom. The molecule has 0 saturated heterocycles. The zero-order valence-corrected chi connectivity index (χ0v) is 12.4. The van der Waals surface area contributed by atoms with E-state index in [1.165, 1.54) is 0 Å². The average molecular weight is 345 g/mol. The summed E-state index contributed by atoms with van der Waals surface area (Å²) in [7, 11) is 0. The summed E-state index contributed by atoms with van der Waals surface area (Å²) in [5.41, 5.74) is 0.706. The second-order valence-electron chi connectivity index (χ2n) is 3.72. The summed E-state index contributed by atoms with van der Waals surface area (Å²) < 4.78 is 11.0. The molecule has 0 aromatic heterocycles. The summed E-state index contributed by atoms with van der Waals surface area (Å²) in [6, 6.07) is 16.6. The van der Waals surface area contributed by atoms with Gasteiger partial charge in [0.25, 0.3) is 0 Å². The molecule has 0 N–H and O–H groups in total. The van der Waals surface area contributed by atoms with Gasteiger partial charge in [0.1, 0.15) is 0 Å². The third-order valence-electron chi connectivity index (χ3n) is 2.48. The number of carbonyl (C=O) groups is 2. The van der Waals surface area contributed by atoms with Crippen LogP contribution in [0, 0.1) is 0 Å². The van der Waals surface area contributed by atoms with E-state index in [1.807, 2.05) is 0 Å². The molecule has 0 heterocycles. The van der Waals surface area contributed by atoms with Crippen LogP contribution in [0.4, 0.5) is 0 Å². The molecule has 2 rings (SSSR count). The first kappa shape index (κ1) is 12.8. The third kappa shape index (κ3) is 2.79. The van der Waals surface area contributed by atoms with Crippen molar-refractivity contribution in [2.75, 3.05) is 0 Å². The molecular weight excluding hydrogens is 335 g/mol. The quantitative estimate of drug-likeness (QED) is 0.799. The molecule has 18 heavy (non-hydrogen) atoms. The van der Waals surface area contributed by atoms with Gasteiger partial charge in [0.2, 0.25) is 0 Å². The second-order valence-corrected chi connectivity index (χ2v) is 8.19. The van der Waals surface area contributed by atoms with Gasteiger partial charge in [-0.1, -0.05) is 0 Å². The Labute approximate surface area is 112 Å². The molecule has 0 amide bonds. The maximum absolute atomic E-state index is 12.0. The first-order valence-electron chi connectivity index (χ1n) is 5.43. The molecule has 2 aromatic carbocycles. The Morgan fingerprint density at radius 3 is 1.33 bits per heavy atom. The van der Waals surface area contributed by atoms with Crippen molar-refractivity contribution in [2.24, 2.45) is 0 Å². The average Bonchev–Trinajstić information content (AvgIpc) is 2.47. The van der Waals surface area contributed by atoms with Crippen LogP contribution in [-0.2, 0) is 3.08 Å². The molecule has 0 bridgehead atoms. The topological polar surface area (TPSA) is 51.2 Å². The molecular formula is C14H10O3Sn. The van der Waals surface area contributed by atoms with E-state index >= 15 is 0 Å². The predicted octanol–water partition coefficient (Wildman–Crippen LogP) is 2.25. The van der Waals surface area contributed by atoms with Crippen LogP contribution in [-0.4, -0.2) is 27.3 Å². The molecule has 0 unspecified atom stereocenters. The Morgan fingerprint density at radius 1 is 0.667 bits per heavy atom. The summed E-state index contributed by atoms with van der Waals surface area (Å²) >= 11 is -3.99. The number of hydrogen-bond acceptors (Lipinski definition) is 3. The van der Waals surface area contributed by atoms with Gasteiger partial charge in [0, 0.05) is 0 Å². The molecule has 0 spiro atoms. The summed E-state index contributed by atoms with van der Waals surface area (Å²) in [5.74, 6) is 0. The van der Waals surface area contributed by atoms with Gasteiger partial charge in [0.15, 0.2) is 0 Å². The Balaban J connectivity index is 2.23. The fraction of sp³-hybridized carbons (Fsp3) is 0. The molecule has 0 atom stereocenters. The van der Waals surface area contributed by atoms with Crippen molar-refractivity contribution >= 4 is 27.3 Å². The van der Waals surface area contributed by atoms with E-state index in [-0.39, 0.29) is 0 Å².